The minimum atomic E-state index is -4.47. The molecule has 0 spiro atoms. The van der Waals surface area contributed by atoms with E-state index in [-0.39, 0.29) is 11.5 Å². The van der Waals surface area contributed by atoms with Gasteiger partial charge in [-0.15, -0.1) is 0 Å². The summed E-state index contributed by atoms with van der Waals surface area (Å²) in [5.41, 5.74) is -0.782. The molecule has 0 N–H and O–H groups in total. The molecule has 4 rings (SSSR count). The Morgan fingerprint density at radius 3 is 2.07 bits per heavy atom. The van der Waals surface area contributed by atoms with Crippen LogP contribution in [0.5, 0.6) is 0 Å². The van der Waals surface area contributed by atoms with Crippen LogP contribution in [0.25, 0.3) is 0 Å². The lowest BCUT2D eigenvalue weighted by Crippen LogP contribution is -2.51. The zero-order valence-electron chi connectivity index (χ0n) is 15.8. The molecule has 3 aliphatic rings. The Morgan fingerprint density at radius 2 is 1.54 bits per heavy atom. The summed E-state index contributed by atoms with van der Waals surface area (Å²) < 4.78 is 38.6. The van der Waals surface area contributed by atoms with Crippen molar-refractivity contribution >= 4 is 11.8 Å². The summed E-state index contributed by atoms with van der Waals surface area (Å²) in [6.07, 6.45) is 1.11. The Bertz CT molecular complexity index is 736. The molecule has 1 saturated heterocycles. The number of nitrogens with zero attached hydrogens (tertiary/aromatic N) is 2. The van der Waals surface area contributed by atoms with E-state index in [4.69, 9.17) is 0 Å². The van der Waals surface area contributed by atoms with Crippen molar-refractivity contribution in [1.82, 2.24) is 9.80 Å². The van der Waals surface area contributed by atoms with Crippen molar-refractivity contribution in [3.05, 3.63) is 35.4 Å². The van der Waals surface area contributed by atoms with Gasteiger partial charge in [-0.25, -0.2) is 0 Å². The minimum absolute atomic E-state index is 0.0390. The quantitative estimate of drug-likeness (QED) is 0.762. The fourth-order valence-corrected chi connectivity index (χ4v) is 4.27. The second kappa shape index (κ2) is 7.41. The maximum atomic E-state index is 12.9. The molecule has 2 saturated carbocycles. The molecule has 3 fully saturated rings. The van der Waals surface area contributed by atoms with Gasteiger partial charge in [0, 0.05) is 38.2 Å². The minimum Gasteiger partial charge on any atom is -0.339 e. The van der Waals surface area contributed by atoms with Crippen LogP contribution in [0.1, 0.15) is 48.0 Å². The van der Waals surface area contributed by atoms with E-state index in [2.05, 4.69) is 0 Å². The Kier molecular flexibility index (Phi) is 5.10. The van der Waals surface area contributed by atoms with Gasteiger partial charge >= 0.3 is 6.18 Å². The van der Waals surface area contributed by atoms with Crippen LogP contribution in [-0.4, -0.2) is 47.8 Å². The third-order valence-corrected chi connectivity index (χ3v) is 6.22. The number of hydrogen-bond donors (Lipinski definition) is 0. The van der Waals surface area contributed by atoms with Crippen LogP contribution in [0.4, 0.5) is 13.2 Å². The lowest BCUT2D eigenvalue weighted by Gasteiger charge is -2.35. The summed E-state index contributed by atoms with van der Waals surface area (Å²) in [5, 5.41) is 0. The predicted octanol–water partition coefficient (Wildman–Crippen LogP) is 3.82. The number of carbonyl (C=O) groups is 2. The molecule has 1 aromatic rings. The summed E-state index contributed by atoms with van der Waals surface area (Å²) in [7, 11) is 0. The number of rotatable bonds is 5. The van der Waals surface area contributed by atoms with Crippen molar-refractivity contribution in [3.63, 3.8) is 0 Å². The first-order valence-electron chi connectivity index (χ1n) is 10.1. The molecule has 0 unspecified atom stereocenters. The van der Waals surface area contributed by atoms with Gasteiger partial charge in [0.2, 0.25) is 5.91 Å². The van der Waals surface area contributed by atoms with Crippen molar-refractivity contribution in [2.75, 3.05) is 26.2 Å². The first-order chi connectivity index (χ1) is 13.3. The van der Waals surface area contributed by atoms with Crippen molar-refractivity contribution in [3.8, 4) is 0 Å². The summed E-state index contributed by atoms with van der Waals surface area (Å²) in [6.45, 7) is 1.62. The van der Waals surface area contributed by atoms with E-state index in [1.807, 2.05) is 4.90 Å². The molecule has 1 heterocycles. The van der Waals surface area contributed by atoms with Crippen LogP contribution in [-0.2, 0) is 11.0 Å². The van der Waals surface area contributed by atoms with E-state index in [1.165, 1.54) is 37.8 Å². The molecule has 0 atom stereocenters. The molecule has 7 heteroatoms. The lowest BCUT2D eigenvalue weighted by molar-refractivity contribution is -0.137. The monoisotopic (exact) mass is 394 g/mol. The van der Waals surface area contributed by atoms with E-state index in [9.17, 15) is 22.8 Å². The van der Waals surface area contributed by atoms with Gasteiger partial charge in [-0.2, -0.15) is 13.2 Å². The van der Waals surface area contributed by atoms with Gasteiger partial charge in [-0.1, -0.05) is 6.07 Å². The standard InChI is InChI=1S/C21H25F3N2O2/c22-21(23,24)17-3-1-2-16(12-17)20(28)26-10-8-25(9-11-26)19(27)13-18(14-4-5-14)15-6-7-15/h1-3,12,14-15,18H,4-11,13H2. The van der Waals surface area contributed by atoms with Crippen molar-refractivity contribution in [2.24, 2.45) is 17.8 Å². The van der Waals surface area contributed by atoms with Crippen LogP contribution >= 0.6 is 0 Å². The Hall–Kier alpha value is -2.05. The SMILES string of the molecule is O=C(CC(C1CC1)C1CC1)N1CCN(C(=O)c2cccc(C(F)(F)F)c2)CC1. The van der Waals surface area contributed by atoms with Crippen LogP contribution in [0.2, 0.25) is 0 Å². The van der Waals surface area contributed by atoms with Gasteiger partial charge in [0.25, 0.3) is 5.91 Å². The van der Waals surface area contributed by atoms with Gasteiger partial charge in [0.15, 0.2) is 0 Å². The normalized spacial score (nSPS) is 20.6. The van der Waals surface area contributed by atoms with Gasteiger partial charge in [-0.05, 0) is 61.6 Å². The highest BCUT2D eigenvalue weighted by molar-refractivity contribution is 5.94. The van der Waals surface area contributed by atoms with E-state index in [0.717, 1.165) is 24.0 Å². The zero-order chi connectivity index (χ0) is 19.9. The number of piperazine rings is 1. The number of halogens is 3. The van der Waals surface area contributed by atoms with Gasteiger partial charge in [0.1, 0.15) is 0 Å². The smallest absolute Gasteiger partial charge is 0.339 e. The Balaban J connectivity index is 1.32. The number of carbonyl (C=O) groups excluding carboxylic acids is 2. The molecule has 152 valence electrons. The molecule has 0 bridgehead atoms. The largest absolute Gasteiger partial charge is 0.416 e. The molecular weight excluding hydrogens is 369 g/mol. The van der Waals surface area contributed by atoms with Crippen molar-refractivity contribution in [2.45, 2.75) is 38.3 Å². The fourth-order valence-electron chi connectivity index (χ4n) is 4.27. The van der Waals surface area contributed by atoms with Gasteiger partial charge in [0.05, 0.1) is 5.56 Å². The summed E-state index contributed by atoms with van der Waals surface area (Å²) >= 11 is 0. The van der Waals surface area contributed by atoms with Crippen LogP contribution in [0.3, 0.4) is 0 Å². The number of alkyl halides is 3. The average molecular weight is 394 g/mol. The molecule has 1 aromatic carbocycles. The molecule has 2 aliphatic carbocycles. The van der Waals surface area contributed by atoms with Crippen LogP contribution in [0.15, 0.2) is 24.3 Å². The third kappa shape index (κ3) is 4.33. The topological polar surface area (TPSA) is 40.6 Å². The predicted molar refractivity (Wildman–Crippen MR) is 97.5 cm³/mol. The Morgan fingerprint density at radius 1 is 0.964 bits per heavy atom. The number of hydrogen-bond acceptors (Lipinski definition) is 2. The zero-order valence-corrected chi connectivity index (χ0v) is 15.8. The summed E-state index contributed by atoms with van der Waals surface area (Å²) in [5.74, 6) is 1.72. The highest BCUT2D eigenvalue weighted by Crippen LogP contribution is 2.50. The Labute approximate surface area is 162 Å². The second-order valence-corrected chi connectivity index (χ2v) is 8.29. The average Bonchev–Trinajstić information content (AvgIpc) is 3.58. The first-order valence-corrected chi connectivity index (χ1v) is 10.1. The number of amides is 2. The van der Waals surface area contributed by atoms with Gasteiger partial charge < -0.3 is 9.80 Å². The van der Waals surface area contributed by atoms with Crippen LogP contribution in [0, 0.1) is 17.8 Å². The number of benzene rings is 1. The van der Waals surface area contributed by atoms with E-state index < -0.39 is 17.6 Å². The van der Waals surface area contributed by atoms with Crippen LogP contribution < -0.4 is 0 Å². The molecule has 4 nitrogen and oxygen atoms in total. The first kappa shape index (κ1) is 19.3. The third-order valence-electron chi connectivity index (χ3n) is 6.22. The maximum Gasteiger partial charge on any atom is 0.416 e. The molecule has 1 aliphatic heterocycles. The molecule has 2 amide bonds. The fraction of sp³-hybridized carbons (Fsp3) is 0.619. The second-order valence-electron chi connectivity index (χ2n) is 8.29. The maximum absolute atomic E-state index is 12.9. The highest BCUT2D eigenvalue weighted by Gasteiger charge is 2.43. The highest BCUT2D eigenvalue weighted by atomic mass is 19.4. The van der Waals surface area contributed by atoms with E-state index in [1.54, 1.807) is 4.90 Å². The van der Waals surface area contributed by atoms with Crippen molar-refractivity contribution in [1.29, 1.82) is 0 Å². The van der Waals surface area contributed by atoms with Crippen molar-refractivity contribution < 1.29 is 22.8 Å². The summed E-state index contributed by atoms with van der Waals surface area (Å²) in [4.78, 5) is 28.6. The van der Waals surface area contributed by atoms with E-state index >= 15 is 0 Å². The lowest BCUT2D eigenvalue weighted by atomic mass is 9.93. The van der Waals surface area contributed by atoms with E-state index in [0.29, 0.717) is 38.5 Å². The molecule has 0 radical (unpaired) electrons. The van der Waals surface area contributed by atoms with Gasteiger partial charge in [-0.3, -0.25) is 9.59 Å². The summed E-state index contributed by atoms with van der Waals surface area (Å²) in [6, 6.07) is 4.52. The molecule has 0 aromatic heterocycles. The molecular formula is C21H25F3N2O2. The molecule has 28 heavy (non-hydrogen) atoms.